The Morgan fingerprint density at radius 3 is 2.72 bits per heavy atom. The minimum absolute atomic E-state index is 0.207. The molecule has 2 unspecified atom stereocenters. The number of nitrogens with zero attached hydrogens (tertiary/aromatic N) is 1. The summed E-state index contributed by atoms with van der Waals surface area (Å²) in [6.45, 7) is 0.683. The lowest BCUT2D eigenvalue weighted by molar-refractivity contribution is -0.142. The highest BCUT2D eigenvalue weighted by atomic mass is 16.4. The van der Waals surface area contributed by atoms with E-state index in [0.29, 0.717) is 12.1 Å². The maximum absolute atomic E-state index is 11.0. The molecule has 4 heteroatoms. The van der Waals surface area contributed by atoms with Crippen LogP contribution in [0.4, 0.5) is 5.69 Å². The van der Waals surface area contributed by atoms with E-state index in [0.717, 1.165) is 24.9 Å². The molecule has 0 heterocycles. The van der Waals surface area contributed by atoms with Crippen LogP contribution in [0.3, 0.4) is 0 Å². The van der Waals surface area contributed by atoms with E-state index < -0.39 is 5.97 Å². The monoisotopic (exact) mass is 244 g/mol. The van der Waals surface area contributed by atoms with Crippen molar-refractivity contribution in [3.8, 4) is 6.07 Å². The van der Waals surface area contributed by atoms with E-state index in [2.05, 4.69) is 11.4 Å². The second-order valence-electron chi connectivity index (χ2n) is 4.71. The van der Waals surface area contributed by atoms with Crippen LogP contribution >= 0.6 is 0 Å². The van der Waals surface area contributed by atoms with Gasteiger partial charge in [0.15, 0.2) is 0 Å². The Hall–Kier alpha value is -2.02. The fourth-order valence-corrected chi connectivity index (χ4v) is 2.52. The summed E-state index contributed by atoms with van der Waals surface area (Å²) in [6, 6.07) is 9.28. The van der Waals surface area contributed by atoms with Gasteiger partial charge < -0.3 is 10.4 Å². The lowest BCUT2D eigenvalue weighted by Gasteiger charge is -2.17. The summed E-state index contributed by atoms with van der Waals surface area (Å²) in [4.78, 5) is 11.0. The van der Waals surface area contributed by atoms with Crippen molar-refractivity contribution < 1.29 is 9.90 Å². The summed E-state index contributed by atoms with van der Waals surface area (Å²) >= 11 is 0. The van der Waals surface area contributed by atoms with E-state index in [1.165, 1.54) is 0 Å². The molecule has 94 valence electrons. The molecule has 1 aromatic carbocycles. The smallest absolute Gasteiger partial charge is 0.306 e. The molecule has 1 fully saturated rings. The van der Waals surface area contributed by atoms with E-state index >= 15 is 0 Å². The molecule has 18 heavy (non-hydrogen) atoms. The Balaban J connectivity index is 1.91. The summed E-state index contributed by atoms with van der Waals surface area (Å²) in [6.07, 6.45) is 2.76. The molecule has 0 saturated heterocycles. The summed E-state index contributed by atoms with van der Waals surface area (Å²) < 4.78 is 0. The molecule has 1 aromatic rings. The Morgan fingerprint density at radius 1 is 1.39 bits per heavy atom. The summed E-state index contributed by atoms with van der Waals surface area (Å²) in [7, 11) is 0. The number of hydrogen-bond acceptors (Lipinski definition) is 3. The number of aliphatic carboxylic acids is 1. The number of carbonyl (C=O) groups is 1. The van der Waals surface area contributed by atoms with E-state index in [-0.39, 0.29) is 11.8 Å². The number of rotatable bonds is 4. The molecule has 4 nitrogen and oxygen atoms in total. The third kappa shape index (κ3) is 2.80. The maximum Gasteiger partial charge on any atom is 0.306 e. The van der Waals surface area contributed by atoms with Gasteiger partial charge in [-0.2, -0.15) is 5.26 Å². The van der Waals surface area contributed by atoms with Crippen molar-refractivity contribution >= 4 is 11.7 Å². The van der Waals surface area contributed by atoms with Gasteiger partial charge in [0.25, 0.3) is 0 Å². The number of carboxylic acid groups (broad SMARTS) is 1. The van der Waals surface area contributed by atoms with Crippen LogP contribution in [-0.2, 0) is 4.79 Å². The van der Waals surface area contributed by atoms with Crippen molar-refractivity contribution in [2.75, 3.05) is 11.9 Å². The van der Waals surface area contributed by atoms with Crippen LogP contribution < -0.4 is 5.32 Å². The lowest BCUT2D eigenvalue weighted by atomic mass is 9.96. The standard InChI is InChI=1S/C14H16N2O2/c15-8-10-4-6-12(7-5-10)16-9-11-2-1-3-13(11)14(17)18/h4-7,11,13,16H,1-3,9H2,(H,17,18). The van der Waals surface area contributed by atoms with Crippen molar-refractivity contribution in [2.24, 2.45) is 11.8 Å². The van der Waals surface area contributed by atoms with Gasteiger partial charge in [-0.1, -0.05) is 6.42 Å². The van der Waals surface area contributed by atoms with Gasteiger partial charge in [0, 0.05) is 12.2 Å². The lowest BCUT2D eigenvalue weighted by Crippen LogP contribution is -2.24. The van der Waals surface area contributed by atoms with E-state index in [1.54, 1.807) is 12.1 Å². The SMILES string of the molecule is N#Cc1ccc(NCC2CCCC2C(=O)O)cc1. The predicted octanol–water partition coefficient (Wildman–Crippen LogP) is 2.47. The first-order valence-corrected chi connectivity index (χ1v) is 6.17. The largest absolute Gasteiger partial charge is 0.481 e. The molecule has 2 atom stereocenters. The Morgan fingerprint density at radius 2 is 2.11 bits per heavy atom. The Bertz CT molecular complexity index is 462. The summed E-state index contributed by atoms with van der Waals surface area (Å²) in [5, 5.41) is 21.0. The molecule has 0 bridgehead atoms. The zero-order chi connectivity index (χ0) is 13.0. The molecular formula is C14H16N2O2. The zero-order valence-corrected chi connectivity index (χ0v) is 10.1. The van der Waals surface area contributed by atoms with Crippen LogP contribution in [0.15, 0.2) is 24.3 Å². The molecule has 2 rings (SSSR count). The van der Waals surface area contributed by atoms with Crippen LogP contribution in [0.1, 0.15) is 24.8 Å². The van der Waals surface area contributed by atoms with Crippen molar-refractivity contribution in [1.82, 2.24) is 0 Å². The number of nitriles is 1. The number of hydrogen-bond donors (Lipinski definition) is 2. The zero-order valence-electron chi connectivity index (χ0n) is 10.1. The van der Waals surface area contributed by atoms with Crippen molar-refractivity contribution in [1.29, 1.82) is 5.26 Å². The highest BCUT2D eigenvalue weighted by molar-refractivity contribution is 5.70. The molecule has 0 spiro atoms. The second-order valence-corrected chi connectivity index (χ2v) is 4.71. The molecule has 1 aliphatic rings. The highest BCUT2D eigenvalue weighted by Gasteiger charge is 2.32. The molecule has 0 amide bonds. The van der Waals surface area contributed by atoms with Gasteiger partial charge in [-0.05, 0) is 43.0 Å². The van der Waals surface area contributed by atoms with E-state index in [9.17, 15) is 4.79 Å². The minimum atomic E-state index is -0.681. The molecule has 1 aliphatic carbocycles. The fraction of sp³-hybridized carbons (Fsp3) is 0.429. The number of anilines is 1. The van der Waals surface area contributed by atoms with Gasteiger partial charge >= 0.3 is 5.97 Å². The number of benzene rings is 1. The third-order valence-corrected chi connectivity index (χ3v) is 3.56. The van der Waals surface area contributed by atoms with E-state index in [4.69, 9.17) is 10.4 Å². The van der Waals surface area contributed by atoms with Gasteiger partial charge in [0.05, 0.1) is 17.6 Å². The van der Waals surface area contributed by atoms with Gasteiger partial charge in [-0.3, -0.25) is 4.79 Å². The maximum atomic E-state index is 11.0. The predicted molar refractivity (Wildman–Crippen MR) is 68.1 cm³/mol. The van der Waals surface area contributed by atoms with Gasteiger partial charge in [0.2, 0.25) is 0 Å². The van der Waals surface area contributed by atoms with Crippen LogP contribution in [0.2, 0.25) is 0 Å². The van der Waals surface area contributed by atoms with Crippen LogP contribution in [0.5, 0.6) is 0 Å². The van der Waals surface area contributed by atoms with Crippen molar-refractivity contribution in [3.63, 3.8) is 0 Å². The Labute approximate surface area is 106 Å². The number of carboxylic acids is 1. The normalized spacial score (nSPS) is 22.4. The first-order valence-electron chi connectivity index (χ1n) is 6.17. The third-order valence-electron chi connectivity index (χ3n) is 3.56. The molecule has 0 aliphatic heterocycles. The quantitative estimate of drug-likeness (QED) is 0.853. The number of nitrogens with one attached hydrogen (secondary N) is 1. The fourth-order valence-electron chi connectivity index (χ4n) is 2.52. The van der Waals surface area contributed by atoms with Crippen molar-refractivity contribution in [3.05, 3.63) is 29.8 Å². The van der Waals surface area contributed by atoms with E-state index in [1.807, 2.05) is 12.1 Å². The second kappa shape index (κ2) is 5.54. The first-order chi connectivity index (χ1) is 8.70. The Kier molecular flexibility index (Phi) is 3.83. The molecule has 0 aromatic heterocycles. The average molecular weight is 244 g/mol. The highest BCUT2D eigenvalue weighted by Crippen LogP contribution is 2.32. The van der Waals surface area contributed by atoms with Gasteiger partial charge in [-0.25, -0.2) is 0 Å². The van der Waals surface area contributed by atoms with Crippen LogP contribution in [0.25, 0.3) is 0 Å². The molecule has 0 radical (unpaired) electrons. The summed E-state index contributed by atoms with van der Waals surface area (Å²) in [5.74, 6) is -0.687. The molecular weight excluding hydrogens is 228 g/mol. The minimum Gasteiger partial charge on any atom is -0.481 e. The van der Waals surface area contributed by atoms with Gasteiger partial charge in [0.1, 0.15) is 0 Å². The van der Waals surface area contributed by atoms with Crippen LogP contribution in [-0.4, -0.2) is 17.6 Å². The first kappa shape index (κ1) is 12.4. The van der Waals surface area contributed by atoms with Crippen LogP contribution in [0, 0.1) is 23.2 Å². The van der Waals surface area contributed by atoms with Gasteiger partial charge in [-0.15, -0.1) is 0 Å². The summed E-state index contributed by atoms with van der Waals surface area (Å²) in [5.41, 5.74) is 1.56. The molecule has 1 saturated carbocycles. The van der Waals surface area contributed by atoms with Crippen molar-refractivity contribution in [2.45, 2.75) is 19.3 Å². The topological polar surface area (TPSA) is 73.1 Å². The average Bonchev–Trinajstić information content (AvgIpc) is 2.85. The molecule has 2 N–H and O–H groups in total.